The molecule has 1 saturated heterocycles. The first-order chi connectivity index (χ1) is 18.2. The summed E-state index contributed by atoms with van der Waals surface area (Å²) in [6, 6.07) is 13.6. The molecule has 11 heteroatoms. The van der Waals surface area contributed by atoms with E-state index in [4.69, 9.17) is 14.6 Å². The van der Waals surface area contributed by atoms with E-state index in [9.17, 15) is 17.6 Å². The number of nitrogens with one attached hydrogen (secondary N) is 2. The third-order valence-electron chi connectivity index (χ3n) is 6.06. The number of benzene rings is 2. The van der Waals surface area contributed by atoms with Crippen molar-refractivity contribution in [2.24, 2.45) is 0 Å². The van der Waals surface area contributed by atoms with Gasteiger partial charge in [0, 0.05) is 24.2 Å². The molecule has 1 aliphatic rings. The van der Waals surface area contributed by atoms with E-state index in [-0.39, 0.29) is 18.7 Å². The van der Waals surface area contributed by atoms with E-state index >= 15 is 0 Å². The molecule has 3 aromatic rings. The van der Waals surface area contributed by atoms with Gasteiger partial charge in [-0.25, -0.2) is 4.39 Å². The summed E-state index contributed by atoms with van der Waals surface area (Å²) in [5.74, 6) is 6.44. The lowest BCUT2D eigenvalue weighted by molar-refractivity contribution is -0.140. The molecule has 0 amide bonds. The number of carbonyl (C=O) groups is 1. The zero-order chi connectivity index (χ0) is 27.7. The maximum atomic E-state index is 14.6. The van der Waals surface area contributed by atoms with E-state index in [0.717, 1.165) is 16.8 Å². The molecule has 1 aliphatic heterocycles. The summed E-state index contributed by atoms with van der Waals surface area (Å²) in [6.07, 6.45) is -4.88. The van der Waals surface area contributed by atoms with Crippen LogP contribution in [0.1, 0.15) is 12.1 Å². The number of carboxylic acid groups (broad SMARTS) is 1. The summed E-state index contributed by atoms with van der Waals surface area (Å²) in [6.45, 7) is -0.125. The Hall–Kier alpha value is -3.91. The summed E-state index contributed by atoms with van der Waals surface area (Å²) >= 11 is 0. The number of hydrogen-bond acceptors (Lipinski definition) is 5. The van der Waals surface area contributed by atoms with E-state index in [1.165, 1.54) is 0 Å². The van der Waals surface area contributed by atoms with Crippen LogP contribution in [0, 0.1) is 11.8 Å². The van der Waals surface area contributed by atoms with Gasteiger partial charge in [-0.3, -0.25) is 4.79 Å². The van der Waals surface area contributed by atoms with Crippen molar-refractivity contribution in [2.75, 3.05) is 44.4 Å². The number of para-hydroxylation sites is 2. The van der Waals surface area contributed by atoms with Crippen molar-refractivity contribution < 1.29 is 32.2 Å². The number of nitrogens with zero attached hydrogens (tertiary/aromatic N) is 2. The number of hydrogen-bond donors (Lipinski definition) is 3. The van der Waals surface area contributed by atoms with Gasteiger partial charge in [-0.15, -0.1) is 0 Å². The molecule has 0 spiro atoms. The molecule has 3 N–H and O–H groups in total. The number of piperidine rings is 1. The fraction of sp³-hybridized carbons (Fsp3) is 0.370. The molecule has 0 unspecified atom stereocenters. The number of likely N-dealkylation sites (tertiary alicyclic amines) is 1. The van der Waals surface area contributed by atoms with E-state index in [0.29, 0.717) is 35.3 Å². The molecular weight excluding hydrogens is 504 g/mol. The average Bonchev–Trinajstić information content (AvgIpc) is 3.21. The Balaban J connectivity index is 0.00000127. The van der Waals surface area contributed by atoms with Crippen LogP contribution < -0.4 is 15.4 Å². The van der Waals surface area contributed by atoms with Gasteiger partial charge in [-0.1, -0.05) is 24.1 Å². The smallest absolute Gasteiger partial charge is 0.406 e. The van der Waals surface area contributed by atoms with Crippen molar-refractivity contribution in [1.82, 2.24) is 9.47 Å². The van der Waals surface area contributed by atoms with Crippen molar-refractivity contribution in [3.8, 4) is 17.6 Å². The van der Waals surface area contributed by atoms with Crippen molar-refractivity contribution >= 4 is 28.7 Å². The lowest BCUT2D eigenvalue weighted by Gasteiger charge is -2.33. The van der Waals surface area contributed by atoms with Crippen LogP contribution in [0.3, 0.4) is 0 Å². The largest absolute Gasteiger partial charge is 0.495 e. The second-order valence-corrected chi connectivity index (χ2v) is 8.75. The highest BCUT2D eigenvalue weighted by Gasteiger charge is 2.31. The number of ether oxygens (including phenoxy) is 1. The normalized spacial score (nSPS) is 17.5. The van der Waals surface area contributed by atoms with Gasteiger partial charge in [0.05, 0.1) is 36.6 Å². The molecule has 2 atom stereocenters. The van der Waals surface area contributed by atoms with Gasteiger partial charge in [-0.05, 0) is 49.7 Å². The third kappa shape index (κ3) is 7.55. The Labute approximate surface area is 218 Å². The molecule has 38 heavy (non-hydrogen) atoms. The molecule has 1 fully saturated rings. The number of anilines is 2. The summed E-state index contributed by atoms with van der Waals surface area (Å²) in [4.78, 5) is 10.3. The second-order valence-electron chi connectivity index (χ2n) is 8.75. The molecule has 4 rings (SSSR count). The standard InChI is InChI=1S/C26H28F4N4O.CH2O2/c1-33-14-12-22(20(27)16-33)32-21-9-5-10-24-19(21)15-18(34(24)17-26(28,29)30)7-6-13-31-23-8-3-4-11-25(23)35-2;2-1-3/h3-5,8-11,15,20,22,31-32H,12-14,16-17H2,1-2H3;1H,(H,2,3)/t20-,22+;/m0./s1. The van der Waals surface area contributed by atoms with Gasteiger partial charge < -0.3 is 29.9 Å². The van der Waals surface area contributed by atoms with Crippen LogP contribution in [0.25, 0.3) is 10.9 Å². The predicted octanol–water partition coefficient (Wildman–Crippen LogP) is 4.83. The van der Waals surface area contributed by atoms with Gasteiger partial charge in [-0.2, -0.15) is 13.2 Å². The number of halogens is 4. The quantitative estimate of drug-likeness (QED) is 0.239. The maximum absolute atomic E-state index is 14.6. The topological polar surface area (TPSA) is 78.8 Å². The first-order valence-electron chi connectivity index (χ1n) is 11.9. The van der Waals surface area contributed by atoms with Crippen LogP contribution in [0.4, 0.5) is 28.9 Å². The first kappa shape index (κ1) is 28.7. The zero-order valence-electron chi connectivity index (χ0n) is 21.1. The fourth-order valence-electron chi connectivity index (χ4n) is 4.35. The molecule has 2 aromatic carbocycles. The van der Waals surface area contributed by atoms with Gasteiger partial charge in [0.1, 0.15) is 18.5 Å². The molecule has 204 valence electrons. The molecule has 0 radical (unpaired) electrons. The van der Waals surface area contributed by atoms with Crippen LogP contribution in [0.2, 0.25) is 0 Å². The first-order valence-corrected chi connectivity index (χ1v) is 11.9. The van der Waals surface area contributed by atoms with E-state index < -0.39 is 24.9 Å². The monoisotopic (exact) mass is 534 g/mol. The van der Waals surface area contributed by atoms with Crippen LogP contribution in [0.5, 0.6) is 5.75 Å². The minimum absolute atomic E-state index is 0.220. The Morgan fingerprint density at radius 1 is 1.18 bits per heavy atom. The third-order valence-corrected chi connectivity index (χ3v) is 6.06. The average molecular weight is 535 g/mol. The minimum atomic E-state index is -4.42. The molecule has 7 nitrogen and oxygen atoms in total. The van der Waals surface area contributed by atoms with Gasteiger partial charge in [0.15, 0.2) is 0 Å². The lowest BCUT2D eigenvalue weighted by atomic mass is 10.0. The molecule has 0 bridgehead atoms. The number of methoxy groups -OCH3 is 1. The SMILES string of the molecule is COc1ccccc1NCC#Cc1cc2c(N[C@@H]3CCN(C)C[C@@H]3F)cccc2n1CC(F)(F)F.O=CO. The summed E-state index contributed by atoms with van der Waals surface area (Å²) in [5.41, 5.74) is 1.99. The maximum Gasteiger partial charge on any atom is 0.406 e. The molecular formula is C27H30F4N4O3. The second kappa shape index (κ2) is 13.1. The van der Waals surface area contributed by atoms with Crippen LogP contribution in [0.15, 0.2) is 48.5 Å². The summed E-state index contributed by atoms with van der Waals surface area (Å²) < 4.78 is 61.3. The minimum Gasteiger partial charge on any atom is -0.495 e. The van der Waals surface area contributed by atoms with Gasteiger partial charge >= 0.3 is 6.18 Å². The molecule has 0 saturated carbocycles. The fourth-order valence-corrected chi connectivity index (χ4v) is 4.35. The number of fused-ring (bicyclic) bond motifs is 1. The Morgan fingerprint density at radius 3 is 2.58 bits per heavy atom. The van der Waals surface area contributed by atoms with Crippen LogP contribution >= 0.6 is 0 Å². The number of aromatic nitrogens is 1. The Kier molecular flexibility index (Phi) is 9.85. The molecule has 2 heterocycles. The van der Waals surface area contributed by atoms with Crippen LogP contribution in [-0.2, 0) is 11.3 Å². The highest BCUT2D eigenvalue weighted by atomic mass is 19.4. The van der Waals surface area contributed by atoms with Crippen molar-refractivity contribution in [3.05, 3.63) is 54.2 Å². The summed E-state index contributed by atoms with van der Waals surface area (Å²) in [5, 5.41) is 13.8. The molecule has 1 aromatic heterocycles. The number of alkyl halides is 4. The predicted molar refractivity (Wildman–Crippen MR) is 139 cm³/mol. The van der Waals surface area contributed by atoms with E-state index in [1.54, 1.807) is 37.4 Å². The van der Waals surface area contributed by atoms with Crippen molar-refractivity contribution in [3.63, 3.8) is 0 Å². The Morgan fingerprint density at radius 2 is 1.89 bits per heavy atom. The highest BCUT2D eigenvalue weighted by Crippen LogP contribution is 2.31. The van der Waals surface area contributed by atoms with Gasteiger partial charge in [0.25, 0.3) is 6.47 Å². The zero-order valence-corrected chi connectivity index (χ0v) is 21.1. The van der Waals surface area contributed by atoms with Crippen molar-refractivity contribution in [1.29, 1.82) is 0 Å². The number of rotatable bonds is 6. The van der Waals surface area contributed by atoms with E-state index in [1.807, 2.05) is 30.1 Å². The summed E-state index contributed by atoms with van der Waals surface area (Å²) in [7, 11) is 3.43. The lowest BCUT2D eigenvalue weighted by Crippen LogP contribution is -2.46. The van der Waals surface area contributed by atoms with Crippen LogP contribution in [-0.4, -0.2) is 73.2 Å². The van der Waals surface area contributed by atoms with Gasteiger partial charge in [0.2, 0.25) is 0 Å². The Bertz CT molecular complexity index is 1280. The molecule has 0 aliphatic carbocycles. The highest BCUT2D eigenvalue weighted by molar-refractivity contribution is 5.94. The van der Waals surface area contributed by atoms with E-state index in [2.05, 4.69) is 22.5 Å². The van der Waals surface area contributed by atoms with Crippen molar-refractivity contribution in [2.45, 2.75) is 31.4 Å².